The highest BCUT2D eigenvalue weighted by molar-refractivity contribution is 7.12. The Bertz CT molecular complexity index is 592. The molecule has 5 nitrogen and oxygen atoms in total. The van der Waals surface area contributed by atoms with Gasteiger partial charge in [-0.2, -0.15) is 0 Å². The Balaban J connectivity index is 1.65. The molecule has 0 saturated carbocycles. The van der Waals surface area contributed by atoms with Crippen LogP contribution in [0.5, 0.6) is 0 Å². The van der Waals surface area contributed by atoms with Crippen molar-refractivity contribution in [3.8, 4) is 0 Å². The fourth-order valence-corrected chi connectivity index (χ4v) is 3.06. The highest BCUT2D eigenvalue weighted by atomic mass is 32.1. The molecule has 1 aliphatic rings. The van der Waals surface area contributed by atoms with Crippen molar-refractivity contribution in [3.05, 3.63) is 46.8 Å². The van der Waals surface area contributed by atoms with Gasteiger partial charge in [0.15, 0.2) is 0 Å². The number of thiophene rings is 1. The monoisotopic (exact) mass is 290 g/mol. The quantitative estimate of drug-likeness (QED) is 0.668. The van der Waals surface area contributed by atoms with E-state index in [4.69, 9.17) is 0 Å². The third-order valence-corrected chi connectivity index (χ3v) is 4.30. The van der Waals surface area contributed by atoms with Gasteiger partial charge in [-0.05, 0) is 17.5 Å². The number of hydrogen-bond donors (Lipinski definition) is 1. The maximum atomic E-state index is 12.2. The Morgan fingerprint density at radius 3 is 2.60 bits per heavy atom. The van der Waals surface area contributed by atoms with Crippen LogP contribution in [0.1, 0.15) is 9.67 Å². The van der Waals surface area contributed by atoms with Gasteiger partial charge >= 0.3 is 5.82 Å². The zero-order valence-electron chi connectivity index (χ0n) is 11.0. The van der Waals surface area contributed by atoms with Gasteiger partial charge in [0.25, 0.3) is 5.91 Å². The molecule has 104 valence electrons. The number of amides is 1. The van der Waals surface area contributed by atoms with Crippen LogP contribution < -0.4 is 9.63 Å². The number of hydrogen-bond acceptors (Lipinski definition) is 4. The van der Waals surface area contributed by atoms with E-state index in [9.17, 15) is 10.0 Å². The maximum absolute atomic E-state index is 12.2. The van der Waals surface area contributed by atoms with Gasteiger partial charge in [-0.3, -0.25) is 9.69 Å². The van der Waals surface area contributed by atoms with Gasteiger partial charge in [-0.25, -0.2) is 0 Å². The summed E-state index contributed by atoms with van der Waals surface area (Å²) in [6, 6.07) is 9.30. The molecule has 1 fully saturated rings. The van der Waals surface area contributed by atoms with Gasteiger partial charge in [0.1, 0.15) is 19.3 Å². The average Bonchev–Trinajstić information content (AvgIpc) is 3.01. The van der Waals surface area contributed by atoms with Crippen LogP contribution >= 0.6 is 11.3 Å². The summed E-state index contributed by atoms with van der Waals surface area (Å²) in [6.07, 6.45) is 1.61. The molecule has 0 radical (unpaired) electrons. The molecule has 2 aromatic rings. The van der Waals surface area contributed by atoms with E-state index in [1.165, 1.54) is 11.3 Å². The van der Waals surface area contributed by atoms with Crippen molar-refractivity contribution in [2.45, 2.75) is 0 Å². The Morgan fingerprint density at radius 1 is 1.15 bits per heavy atom. The van der Waals surface area contributed by atoms with Crippen LogP contribution in [-0.2, 0) is 0 Å². The minimum atomic E-state index is 0.101. The first-order valence-corrected chi connectivity index (χ1v) is 7.41. The average molecular weight is 290 g/mol. The van der Waals surface area contributed by atoms with Crippen LogP contribution in [-0.4, -0.2) is 42.2 Å². The predicted molar refractivity (Wildman–Crippen MR) is 76.3 cm³/mol. The Morgan fingerprint density at radius 2 is 1.95 bits per heavy atom. The Labute approximate surface area is 121 Å². The summed E-state index contributed by atoms with van der Waals surface area (Å²) >= 11 is 1.48. The number of carbonyl (C=O) groups is 1. The Kier molecular flexibility index (Phi) is 3.56. The highest BCUT2D eigenvalue weighted by Crippen LogP contribution is 2.16. The fraction of sp³-hybridized carbons (Fsp3) is 0.286. The summed E-state index contributed by atoms with van der Waals surface area (Å²) in [5.74, 6) is 0.861. The van der Waals surface area contributed by atoms with E-state index in [1.807, 2.05) is 34.5 Å². The molecular formula is C14H16N3O2S+. The number of pyridine rings is 1. The van der Waals surface area contributed by atoms with Crippen molar-refractivity contribution >= 4 is 23.1 Å². The van der Waals surface area contributed by atoms with E-state index in [-0.39, 0.29) is 5.91 Å². The molecule has 1 N–H and O–H groups in total. The molecule has 0 unspecified atom stereocenters. The molecule has 1 saturated heterocycles. The maximum Gasteiger partial charge on any atom is 0.316 e. The normalized spacial score (nSPS) is 15.4. The predicted octanol–water partition coefficient (Wildman–Crippen LogP) is 1.24. The number of anilines is 1. The minimum absolute atomic E-state index is 0.101. The first kappa shape index (κ1) is 12.9. The molecule has 1 amide bonds. The van der Waals surface area contributed by atoms with Crippen molar-refractivity contribution in [2.75, 3.05) is 31.1 Å². The Hall–Kier alpha value is -2.08. The third-order valence-electron chi connectivity index (χ3n) is 3.44. The second-order valence-corrected chi connectivity index (χ2v) is 5.61. The third kappa shape index (κ3) is 2.46. The fourth-order valence-electron chi connectivity index (χ4n) is 2.37. The first-order chi connectivity index (χ1) is 9.75. The molecule has 0 spiro atoms. The summed E-state index contributed by atoms with van der Waals surface area (Å²) in [5.41, 5.74) is 0. The van der Waals surface area contributed by atoms with Crippen molar-refractivity contribution in [1.82, 2.24) is 4.90 Å². The van der Waals surface area contributed by atoms with E-state index in [0.717, 1.165) is 28.5 Å². The van der Waals surface area contributed by atoms with Crippen LogP contribution in [0.15, 0.2) is 41.9 Å². The summed E-state index contributed by atoms with van der Waals surface area (Å²) in [5, 5.41) is 11.7. The molecule has 0 aromatic carbocycles. The summed E-state index contributed by atoms with van der Waals surface area (Å²) in [4.78, 5) is 17.0. The number of carbonyl (C=O) groups excluding carboxylic acids is 1. The molecule has 6 heteroatoms. The van der Waals surface area contributed by atoms with Crippen molar-refractivity contribution < 1.29 is 14.7 Å². The number of aromatic nitrogens is 1. The molecule has 2 aromatic heterocycles. The summed E-state index contributed by atoms with van der Waals surface area (Å²) in [7, 11) is 0. The van der Waals surface area contributed by atoms with Crippen molar-refractivity contribution in [1.29, 1.82) is 0 Å². The molecule has 20 heavy (non-hydrogen) atoms. The SMILES string of the molecule is O=C(c1cccs1)N1CCN(c2cccc[n+]2O)CC1. The number of rotatable bonds is 2. The van der Waals surface area contributed by atoms with E-state index < -0.39 is 0 Å². The van der Waals surface area contributed by atoms with Crippen LogP contribution in [0.4, 0.5) is 5.82 Å². The van der Waals surface area contributed by atoms with Gasteiger partial charge < -0.3 is 10.1 Å². The van der Waals surface area contributed by atoms with E-state index in [0.29, 0.717) is 13.1 Å². The molecule has 3 rings (SSSR count). The second-order valence-electron chi connectivity index (χ2n) is 4.66. The lowest BCUT2D eigenvalue weighted by molar-refractivity contribution is -0.894. The number of nitrogens with zero attached hydrogens (tertiary/aromatic N) is 3. The van der Waals surface area contributed by atoms with Gasteiger partial charge in [0.05, 0.1) is 18.0 Å². The molecule has 0 bridgehead atoms. The molecule has 0 atom stereocenters. The minimum Gasteiger partial charge on any atom is -0.350 e. The van der Waals surface area contributed by atoms with Gasteiger partial charge in [-0.1, -0.05) is 16.9 Å². The van der Waals surface area contributed by atoms with Crippen LogP contribution in [0.3, 0.4) is 0 Å². The lowest BCUT2D eigenvalue weighted by Crippen LogP contribution is -2.52. The van der Waals surface area contributed by atoms with E-state index >= 15 is 0 Å². The van der Waals surface area contributed by atoms with Gasteiger partial charge in [0.2, 0.25) is 0 Å². The molecule has 1 aliphatic heterocycles. The zero-order chi connectivity index (χ0) is 13.9. The summed E-state index contributed by atoms with van der Waals surface area (Å²) in [6.45, 7) is 2.79. The van der Waals surface area contributed by atoms with E-state index in [1.54, 1.807) is 12.3 Å². The molecule has 0 aliphatic carbocycles. The lowest BCUT2D eigenvalue weighted by Gasteiger charge is -2.30. The van der Waals surface area contributed by atoms with Crippen molar-refractivity contribution in [3.63, 3.8) is 0 Å². The zero-order valence-corrected chi connectivity index (χ0v) is 11.8. The van der Waals surface area contributed by atoms with Gasteiger partial charge in [0, 0.05) is 6.07 Å². The molecular weight excluding hydrogens is 274 g/mol. The summed E-state index contributed by atoms with van der Waals surface area (Å²) < 4.78 is 1.12. The van der Waals surface area contributed by atoms with Crippen molar-refractivity contribution in [2.24, 2.45) is 0 Å². The highest BCUT2D eigenvalue weighted by Gasteiger charge is 2.28. The van der Waals surface area contributed by atoms with Gasteiger partial charge in [-0.15, -0.1) is 11.3 Å². The van der Waals surface area contributed by atoms with E-state index in [2.05, 4.69) is 4.90 Å². The van der Waals surface area contributed by atoms with Crippen LogP contribution in [0, 0.1) is 0 Å². The number of piperazine rings is 1. The standard InChI is InChI=1S/C14H16N3O2S/c18-14(12-4-3-11-20-12)16-9-7-15(8-10-16)13-5-1-2-6-17(13)19/h1-6,11,19H,7-10H2/q+1. The largest absolute Gasteiger partial charge is 0.350 e. The van der Waals surface area contributed by atoms with Crippen LogP contribution in [0.2, 0.25) is 0 Å². The van der Waals surface area contributed by atoms with Crippen LogP contribution in [0.25, 0.3) is 0 Å². The second kappa shape index (κ2) is 5.50. The first-order valence-electron chi connectivity index (χ1n) is 6.53. The lowest BCUT2D eigenvalue weighted by atomic mass is 10.3. The topological polar surface area (TPSA) is 47.7 Å². The smallest absolute Gasteiger partial charge is 0.316 e. The molecule has 3 heterocycles.